The Balaban J connectivity index is 1.63. The molecule has 2 aliphatic rings. The standard InChI is InChI=1S/C16H18ClN3O2/c17-15-9-13(3-6-18-15)22-16-10-14(11-1-2-11)19-20(16)12-4-7-21-8-5-12/h3,6,9-12H,1-2,4-5,7-8H2. The third kappa shape index (κ3) is 2.96. The minimum atomic E-state index is 0.341. The van der Waals surface area contributed by atoms with Gasteiger partial charge in [0.1, 0.15) is 10.9 Å². The van der Waals surface area contributed by atoms with Crippen LogP contribution in [0.1, 0.15) is 43.3 Å². The molecule has 1 saturated heterocycles. The average molecular weight is 320 g/mol. The number of halogens is 1. The van der Waals surface area contributed by atoms with Crippen molar-refractivity contribution in [2.45, 2.75) is 37.6 Å². The van der Waals surface area contributed by atoms with Crippen molar-refractivity contribution in [2.24, 2.45) is 0 Å². The lowest BCUT2D eigenvalue weighted by atomic mass is 10.1. The molecule has 5 nitrogen and oxygen atoms in total. The van der Waals surface area contributed by atoms with Crippen molar-refractivity contribution in [1.82, 2.24) is 14.8 Å². The molecule has 0 radical (unpaired) electrons. The zero-order valence-corrected chi connectivity index (χ0v) is 13.0. The number of nitrogens with zero attached hydrogens (tertiary/aromatic N) is 3. The molecular formula is C16H18ClN3O2. The predicted octanol–water partition coefficient (Wildman–Crippen LogP) is 3.95. The number of pyridine rings is 1. The summed E-state index contributed by atoms with van der Waals surface area (Å²) in [4.78, 5) is 3.98. The number of hydrogen-bond acceptors (Lipinski definition) is 4. The molecule has 1 aliphatic heterocycles. The first kappa shape index (κ1) is 14.0. The highest BCUT2D eigenvalue weighted by atomic mass is 35.5. The van der Waals surface area contributed by atoms with Gasteiger partial charge in [-0.15, -0.1) is 0 Å². The first-order valence-electron chi connectivity index (χ1n) is 7.76. The largest absolute Gasteiger partial charge is 0.439 e. The SMILES string of the molecule is Clc1cc(Oc2cc(C3CC3)nn2C2CCOCC2)ccn1. The Morgan fingerprint density at radius 1 is 1.18 bits per heavy atom. The van der Waals surface area contributed by atoms with E-state index in [0.717, 1.165) is 37.6 Å². The molecule has 0 unspecified atom stereocenters. The molecule has 6 heteroatoms. The quantitative estimate of drug-likeness (QED) is 0.801. The van der Waals surface area contributed by atoms with Crippen LogP contribution >= 0.6 is 11.6 Å². The van der Waals surface area contributed by atoms with Crippen LogP contribution in [0.15, 0.2) is 24.4 Å². The molecule has 2 fully saturated rings. The minimum absolute atomic E-state index is 0.341. The molecule has 2 aromatic rings. The van der Waals surface area contributed by atoms with Crippen LogP contribution in [-0.2, 0) is 4.74 Å². The van der Waals surface area contributed by atoms with Crippen LogP contribution in [0.5, 0.6) is 11.6 Å². The van der Waals surface area contributed by atoms with Crippen molar-refractivity contribution in [3.63, 3.8) is 0 Å². The Morgan fingerprint density at radius 2 is 2.00 bits per heavy atom. The van der Waals surface area contributed by atoms with E-state index in [9.17, 15) is 0 Å². The highest BCUT2D eigenvalue weighted by Crippen LogP contribution is 2.42. The van der Waals surface area contributed by atoms with Gasteiger partial charge in [0, 0.05) is 37.5 Å². The van der Waals surface area contributed by atoms with Gasteiger partial charge in [-0.05, 0) is 31.7 Å². The van der Waals surface area contributed by atoms with Gasteiger partial charge in [-0.3, -0.25) is 0 Å². The summed E-state index contributed by atoms with van der Waals surface area (Å²) in [7, 11) is 0. The van der Waals surface area contributed by atoms with Crippen molar-refractivity contribution in [3.8, 4) is 11.6 Å². The van der Waals surface area contributed by atoms with E-state index in [4.69, 9.17) is 26.2 Å². The number of ether oxygens (including phenoxy) is 2. The van der Waals surface area contributed by atoms with Crippen molar-refractivity contribution < 1.29 is 9.47 Å². The van der Waals surface area contributed by atoms with Crippen LogP contribution < -0.4 is 4.74 Å². The molecule has 0 bridgehead atoms. The fraction of sp³-hybridized carbons (Fsp3) is 0.500. The van der Waals surface area contributed by atoms with Crippen molar-refractivity contribution in [2.75, 3.05) is 13.2 Å². The van der Waals surface area contributed by atoms with Crippen LogP contribution in [0.2, 0.25) is 5.15 Å². The lowest BCUT2D eigenvalue weighted by molar-refractivity contribution is 0.0642. The second-order valence-corrected chi connectivity index (χ2v) is 6.27. The van der Waals surface area contributed by atoms with Gasteiger partial charge >= 0.3 is 0 Å². The summed E-state index contributed by atoms with van der Waals surface area (Å²) in [5, 5.41) is 5.23. The molecule has 4 rings (SSSR count). The molecular weight excluding hydrogens is 302 g/mol. The fourth-order valence-corrected chi connectivity index (χ4v) is 2.97. The molecule has 0 N–H and O–H groups in total. The normalized spacial score (nSPS) is 19.3. The lowest BCUT2D eigenvalue weighted by Gasteiger charge is -2.23. The Labute approximate surface area is 134 Å². The monoisotopic (exact) mass is 319 g/mol. The Kier molecular flexibility index (Phi) is 3.76. The zero-order valence-electron chi connectivity index (χ0n) is 12.2. The van der Waals surface area contributed by atoms with Crippen LogP contribution in [0.4, 0.5) is 0 Å². The molecule has 0 aromatic carbocycles. The Morgan fingerprint density at radius 3 is 2.73 bits per heavy atom. The van der Waals surface area contributed by atoms with Crippen LogP contribution in [-0.4, -0.2) is 28.0 Å². The number of aromatic nitrogens is 3. The summed E-state index contributed by atoms with van der Waals surface area (Å²) < 4.78 is 13.5. The average Bonchev–Trinajstić information content (AvgIpc) is 3.30. The van der Waals surface area contributed by atoms with Crippen molar-refractivity contribution in [3.05, 3.63) is 35.2 Å². The fourth-order valence-electron chi connectivity index (χ4n) is 2.81. The van der Waals surface area contributed by atoms with E-state index in [-0.39, 0.29) is 0 Å². The Hall–Kier alpha value is -1.59. The van der Waals surface area contributed by atoms with Crippen LogP contribution in [0.3, 0.4) is 0 Å². The summed E-state index contributed by atoms with van der Waals surface area (Å²) in [6.07, 6.45) is 6.05. The summed E-state index contributed by atoms with van der Waals surface area (Å²) in [5.74, 6) is 2.08. The second-order valence-electron chi connectivity index (χ2n) is 5.89. The summed E-state index contributed by atoms with van der Waals surface area (Å²) in [6, 6.07) is 5.94. The van der Waals surface area contributed by atoms with E-state index >= 15 is 0 Å². The van der Waals surface area contributed by atoms with E-state index in [1.54, 1.807) is 12.3 Å². The van der Waals surface area contributed by atoms with Gasteiger partial charge in [-0.1, -0.05) is 11.6 Å². The highest BCUT2D eigenvalue weighted by molar-refractivity contribution is 6.29. The van der Waals surface area contributed by atoms with Gasteiger partial charge in [0.15, 0.2) is 0 Å². The number of rotatable bonds is 4. The van der Waals surface area contributed by atoms with E-state index in [2.05, 4.69) is 11.1 Å². The molecule has 22 heavy (non-hydrogen) atoms. The summed E-state index contributed by atoms with van der Waals surface area (Å²) in [5.41, 5.74) is 1.14. The molecule has 2 aromatic heterocycles. The molecule has 3 heterocycles. The number of hydrogen-bond donors (Lipinski definition) is 0. The topological polar surface area (TPSA) is 49.2 Å². The second kappa shape index (κ2) is 5.89. The van der Waals surface area contributed by atoms with Crippen LogP contribution in [0.25, 0.3) is 0 Å². The van der Waals surface area contributed by atoms with E-state index in [0.29, 0.717) is 22.9 Å². The zero-order chi connectivity index (χ0) is 14.9. The maximum Gasteiger partial charge on any atom is 0.218 e. The lowest BCUT2D eigenvalue weighted by Crippen LogP contribution is -2.21. The van der Waals surface area contributed by atoms with Gasteiger partial charge in [0.25, 0.3) is 0 Å². The smallest absolute Gasteiger partial charge is 0.218 e. The van der Waals surface area contributed by atoms with Crippen molar-refractivity contribution >= 4 is 11.6 Å². The third-order valence-corrected chi connectivity index (χ3v) is 4.38. The van der Waals surface area contributed by atoms with E-state index in [1.807, 2.05) is 10.7 Å². The van der Waals surface area contributed by atoms with E-state index in [1.165, 1.54) is 12.8 Å². The molecule has 0 spiro atoms. The van der Waals surface area contributed by atoms with Crippen LogP contribution in [0, 0.1) is 0 Å². The molecule has 1 saturated carbocycles. The first-order chi connectivity index (χ1) is 10.8. The summed E-state index contributed by atoms with van der Waals surface area (Å²) in [6.45, 7) is 1.56. The molecule has 0 atom stereocenters. The van der Waals surface area contributed by atoms with Crippen molar-refractivity contribution in [1.29, 1.82) is 0 Å². The maximum absolute atomic E-state index is 6.04. The van der Waals surface area contributed by atoms with Gasteiger partial charge in [-0.25, -0.2) is 9.67 Å². The predicted molar refractivity (Wildman–Crippen MR) is 82.6 cm³/mol. The molecule has 116 valence electrons. The minimum Gasteiger partial charge on any atom is -0.439 e. The summed E-state index contributed by atoms with van der Waals surface area (Å²) >= 11 is 5.94. The van der Waals surface area contributed by atoms with Gasteiger partial charge in [-0.2, -0.15) is 5.10 Å². The molecule has 0 amide bonds. The van der Waals surface area contributed by atoms with Gasteiger partial charge in [0.2, 0.25) is 5.88 Å². The third-order valence-electron chi connectivity index (χ3n) is 4.17. The first-order valence-corrected chi connectivity index (χ1v) is 8.14. The maximum atomic E-state index is 6.04. The van der Waals surface area contributed by atoms with E-state index < -0.39 is 0 Å². The highest BCUT2D eigenvalue weighted by Gasteiger charge is 2.30. The van der Waals surface area contributed by atoms with Gasteiger partial charge in [0.05, 0.1) is 11.7 Å². The van der Waals surface area contributed by atoms with Gasteiger partial charge < -0.3 is 9.47 Å². The Bertz CT molecular complexity index is 663. The molecule has 1 aliphatic carbocycles.